The number of nitrogens with one attached hydrogen (secondary N) is 2. The van der Waals surface area contributed by atoms with Crippen molar-refractivity contribution < 1.29 is 9.59 Å². The highest BCUT2D eigenvalue weighted by molar-refractivity contribution is 9.10. The Kier molecular flexibility index (Phi) is 6.64. The zero-order chi connectivity index (χ0) is 20.1. The molecule has 148 valence electrons. The van der Waals surface area contributed by atoms with Crippen LogP contribution in [0.2, 0.25) is 5.02 Å². The second-order valence-corrected chi connectivity index (χ2v) is 7.66. The van der Waals surface area contributed by atoms with Gasteiger partial charge in [-0.3, -0.25) is 14.8 Å². The Bertz CT molecular complexity index is 862. The molecule has 0 unspecified atom stereocenters. The molecule has 7 nitrogen and oxygen atoms in total. The van der Waals surface area contributed by atoms with Gasteiger partial charge in [0.25, 0.3) is 5.91 Å². The van der Waals surface area contributed by atoms with Gasteiger partial charge in [-0.2, -0.15) is 0 Å². The number of amides is 3. The van der Waals surface area contributed by atoms with Crippen molar-refractivity contribution >= 4 is 50.8 Å². The molecule has 28 heavy (non-hydrogen) atoms. The fourth-order valence-corrected chi connectivity index (χ4v) is 3.83. The van der Waals surface area contributed by atoms with Gasteiger partial charge in [-0.05, 0) is 58.2 Å². The lowest BCUT2D eigenvalue weighted by molar-refractivity contribution is -0.129. The van der Waals surface area contributed by atoms with Crippen molar-refractivity contribution in [2.24, 2.45) is 0 Å². The lowest BCUT2D eigenvalue weighted by Crippen LogP contribution is -2.48. The summed E-state index contributed by atoms with van der Waals surface area (Å²) in [5.41, 5.74) is 8.09. The maximum absolute atomic E-state index is 12.6. The van der Waals surface area contributed by atoms with Crippen LogP contribution < -0.4 is 21.4 Å². The number of benzene rings is 2. The minimum absolute atomic E-state index is 0.0880. The first kappa shape index (κ1) is 20.3. The minimum Gasteiger partial charge on any atom is -0.399 e. The third-order valence-corrected chi connectivity index (χ3v) is 5.21. The van der Waals surface area contributed by atoms with E-state index in [1.807, 2.05) is 23.2 Å². The van der Waals surface area contributed by atoms with Gasteiger partial charge in [0.05, 0.1) is 5.69 Å². The van der Waals surface area contributed by atoms with Gasteiger partial charge in [0.15, 0.2) is 0 Å². The Balaban J connectivity index is 1.52. The van der Waals surface area contributed by atoms with Crippen LogP contribution in [0.4, 0.5) is 16.2 Å². The fraction of sp³-hybridized carbons (Fsp3) is 0.263. The summed E-state index contributed by atoms with van der Waals surface area (Å²) in [6, 6.07) is 12.3. The highest BCUT2D eigenvalue weighted by atomic mass is 79.9. The molecule has 0 radical (unpaired) electrons. The van der Waals surface area contributed by atoms with Crippen molar-refractivity contribution in [2.45, 2.75) is 13.0 Å². The first-order chi connectivity index (χ1) is 13.4. The number of hydrogen-bond acceptors (Lipinski definition) is 4. The van der Waals surface area contributed by atoms with E-state index in [0.717, 1.165) is 28.7 Å². The molecule has 3 rings (SSSR count). The average Bonchev–Trinajstić information content (AvgIpc) is 3.15. The zero-order valence-corrected chi connectivity index (χ0v) is 17.5. The molecular weight excluding hydrogens is 446 g/mol. The van der Waals surface area contributed by atoms with Gasteiger partial charge in [-0.25, -0.2) is 4.79 Å². The normalized spacial score (nSPS) is 13.5. The number of carbonyl (C=O) groups excluding carboxylic acids is 2. The number of halogens is 2. The summed E-state index contributed by atoms with van der Waals surface area (Å²) in [7, 11) is 0. The molecule has 2 aromatic carbocycles. The van der Waals surface area contributed by atoms with E-state index in [-0.39, 0.29) is 12.5 Å². The van der Waals surface area contributed by atoms with E-state index in [4.69, 9.17) is 17.3 Å². The van der Waals surface area contributed by atoms with Crippen molar-refractivity contribution in [3.63, 3.8) is 0 Å². The second kappa shape index (κ2) is 9.16. The standard InChI is InChI=1S/C19H21BrClN5O2/c20-16-10-14(21)4-7-17(16)25-8-1-9-26(25)18(27)12-24-19(28)23-11-13-2-5-15(22)6-3-13/h2-7,10H,1,8-9,11-12,22H2,(H2,23,24,28). The SMILES string of the molecule is Nc1ccc(CNC(=O)NCC(=O)N2CCCN2c2ccc(Cl)cc2Br)cc1. The number of anilines is 2. The highest BCUT2D eigenvalue weighted by Gasteiger charge is 2.28. The summed E-state index contributed by atoms with van der Waals surface area (Å²) >= 11 is 9.49. The molecule has 1 aliphatic rings. The van der Waals surface area contributed by atoms with Crippen LogP contribution >= 0.6 is 27.5 Å². The second-order valence-electron chi connectivity index (χ2n) is 6.37. The summed E-state index contributed by atoms with van der Waals surface area (Å²) in [6.07, 6.45) is 0.851. The van der Waals surface area contributed by atoms with Crippen LogP contribution in [0.3, 0.4) is 0 Å². The van der Waals surface area contributed by atoms with E-state index >= 15 is 0 Å². The maximum atomic E-state index is 12.6. The molecule has 1 heterocycles. The average molecular weight is 467 g/mol. The van der Waals surface area contributed by atoms with E-state index in [1.54, 1.807) is 29.3 Å². The van der Waals surface area contributed by atoms with E-state index in [1.165, 1.54) is 0 Å². The van der Waals surface area contributed by atoms with E-state index in [0.29, 0.717) is 23.8 Å². The van der Waals surface area contributed by atoms with Crippen LogP contribution in [0.25, 0.3) is 0 Å². The first-order valence-corrected chi connectivity index (χ1v) is 10.00. The molecule has 4 N–H and O–H groups in total. The van der Waals surface area contributed by atoms with Crippen LogP contribution in [0.5, 0.6) is 0 Å². The molecule has 0 saturated carbocycles. The number of rotatable bonds is 5. The monoisotopic (exact) mass is 465 g/mol. The lowest BCUT2D eigenvalue weighted by Gasteiger charge is -2.30. The minimum atomic E-state index is -0.399. The third kappa shape index (κ3) is 5.08. The van der Waals surface area contributed by atoms with Gasteiger partial charge >= 0.3 is 6.03 Å². The highest BCUT2D eigenvalue weighted by Crippen LogP contribution is 2.32. The lowest BCUT2D eigenvalue weighted by atomic mass is 10.2. The molecule has 3 amide bonds. The smallest absolute Gasteiger partial charge is 0.315 e. The summed E-state index contributed by atoms with van der Waals surface area (Å²) in [5, 5.41) is 9.50. The molecule has 9 heteroatoms. The number of hydrogen-bond donors (Lipinski definition) is 3. The molecule has 0 bridgehead atoms. The Morgan fingerprint density at radius 2 is 1.86 bits per heavy atom. The van der Waals surface area contributed by atoms with Crippen LogP contribution in [0, 0.1) is 0 Å². The number of nitrogens with two attached hydrogens (primary N) is 1. The predicted molar refractivity (Wildman–Crippen MR) is 114 cm³/mol. The van der Waals surface area contributed by atoms with Crippen molar-refractivity contribution in [3.8, 4) is 0 Å². The fourth-order valence-electron chi connectivity index (χ4n) is 2.94. The quantitative estimate of drug-likeness (QED) is 0.591. The summed E-state index contributed by atoms with van der Waals surface area (Å²) in [6.45, 7) is 1.58. The molecule has 2 aromatic rings. The van der Waals surface area contributed by atoms with Gasteiger partial charge in [0.1, 0.15) is 6.54 Å². The first-order valence-electron chi connectivity index (χ1n) is 8.83. The number of nitrogen functional groups attached to an aromatic ring is 1. The summed E-state index contributed by atoms with van der Waals surface area (Å²) in [4.78, 5) is 24.6. The largest absolute Gasteiger partial charge is 0.399 e. The van der Waals surface area contributed by atoms with Crippen molar-refractivity contribution in [1.29, 1.82) is 0 Å². The number of hydrazine groups is 1. The molecule has 0 aliphatic carbocycles. The third-order valence-electron chi connectivity index (χ3n) is 4.34. The maximum Gasteiger partial charge on any atom is 0.315 e. The topological polar surface area (TPSA) is 90.7 Å². The van der Waals surface area contributed by atoms with Crippen LogP contribution in [0.15, 0.2) is 46.9 Å². The number of urea groups is 1. The van der Waals surface area contributed by atoms with Gasteiger partial charge in [-0.15, -0.1) is 0 Å². The van der Waals surface area contributed by atoms with Crippen LogP contribution in [0.1, 0.15) is 12.0 Å². The zero-order valence-electron chi connectivity index (χ0n) is 15.1. The Morgan fingerprint density at radius 3 is 2.57 bits per heavy atom. The molecular formula is C19H21BrClN5O2. The Labute approximate surface area is 176 Å². The van der Waals surface area contributed by atoms with Crippen molar-refractivity contribution in [3.05, 3.63) is 57.5 Å². The molecule has 0 atom stereocenters. The van der Waals surface area contributed by atoms with Crippen LogP contribution in [-0.2, 0) is 11.3 Å². The molecule has 0 spiro atoms. The van der Waals surface area contributed by atoms with Gasteiger partial charge < -0.3 is 16.4 Å². The van der Waals surface area contributed by atoms with Gasteiger partial charge in [-0.1, -0.05) is 23.7 Å². The van der Waals surface area contributed by atoms with E-state index < -0.39 is 6.03 Å². The number of nitrogens with zero attached hydrogens (tertiary/aromatic N) is 2. The Morgan fingerprint density at radius 1 is 1.11 bits per heavy atom. The van der Waals surface area contributed by atoms with E-state index in [9.17, 15) is 9.59 Å². The molecule has 1 saturated heterocycles. The molecule has 1 aliphatic heterocycles. The number of carbonyl (C=O) groups is 2. The van der Waals surface area contributed by atoms with Gasteiger partial charge in [0.2, 0.25) is 0 Å². The van der Waals surface area contributed by atoms with Crippen molar-refractivity contribution in [2.75, 3.05) is 30.4 Å². The summed E-state index contributed by atoms with van der Waals surface area (Å²) in [5.74, 6) is -0.179. The Hall–Kier alpha value is -2.45. The van der Waals surface area contributed by atoms with Gasteiger partial charge in [0, 0.05) is 34.8 Å². The molecule has 1 fully saturated rings. The van der Waals surface area contributed by atoms with Crippen molar-refractivity contribution in [1.82, 2.24) is 15.6 Å². The van der Waals surface area contributed by atoms with Crippen LogP contribution in [-0.4, -0.2) is 36.6 Å². The van der Waals surface area contributed by atoms with E-state index in [2.05, 4.69) is 26.6 Å². The molecule has 0 aromatic heterocycles. The predicted octanol–water partition coefficient (Wildman–Crippen LogP) is 3.14. The summed E-state index contributed by atoms with van der Waals surface area (Å²) < 4.78 is 0.814.